The van der Waals surface area contributed by atoms with Crippen molar-refractivity contribution in [1.29, 1.82) is 0 Å². The zero-order valence-electron chi connectivity index (χ0n) is 15.8. The maximum Gasteiger partial charge on any atom is 0.247 e. The Hall–Kier alpha value is -1.40. The molecule has 0 spiro atoms. The van der Waals surface area contributed by atoms with E-state index in [1.54, 1.807) is 0 Å². The summed E-state index contributed by atoms with van der Waals surface area (Å²) in [6.45, 7) is 10.3. The van der Waals surface area contributed by atoms with Crippen molar-refractivity contribution >= 4 is 45.8 Å². The van der Waals surface area contributed by atoms with E-state index in [1.165, 1.54) is 23.1 Å². The van der Waals surface area contributed by atoms with Crippen LogP contribution in [-0.2, 0) is 9.59 Å². The van der Waals surface area contributed by atoms with Gasteiger partial charge in [-0.2, -0.15) is 0 Å². The van der Waals surface area contributed by atoms with Crippen LogP contribution in [0.1, 0.15) is 37.8 Å². The molecule has 2 aliphatic rings. The van der Waals surface area contributed by atoms with Crippen LogP contribution in [0.25, 0.3) is 0 Å². The van der Waals surface area contributed by atoms with E-state index in [0.29, 0.717) is 17.5 Å². The molecule has 26 heavy (non-hydrogen) atoms. The van der Waals surface area contributed by atoms with Gasteiger partial charge in [0.15, 0.2) is 0 Å². The highest BCUT2D eigenvalue weighted by Crippen LogP contribution is 2.34. The second-order valence-electron chi connectivity index (χ2n) is 7.71. The highest BCUT2D eigenvalue weighted by Gasteiger charge is 2.42. The van der Waals surface area contributed by atoms with Crippen LogP contribution < -0.4 is 4.90 Å². The van der Waals surface area contributed by atoms with Gasteiger partial charge in [0.2, 0.25) is 11.8 Å². The molecule has 3 atom stereocenters. The molecule has 140 valence electrons. The largest absolute Gasteiger partial charge is 0.357 e. The molecule has 6 heteroatoms. The first kappa shape index (κ1) is 19.4. The Morgan fingerprint density at radius 3 is 2.46 bits per heavy atom. The van der Waals surface area contributed by atoms with Crippen molar-refractivity contribution < 1.29 is 9.59 Å². The number of hydrogen-bond donors (Lipinski definition) is 0. The van der Waals surface area contributed by atoms with Gasteiger partial charge in [-0.15, -0.1) is 0 Å². The highest BCUT2D eigenvalue weighted by molar-refractivity contribution is 8.23. The minimum atomic E-state index is -0.414. The summed E-state index contributed by atoms with van der Waals surface area (Å²) >= 11 is 7.00. The first-order valence-corrected chi connectivity index (χ1v) is 10.4. The summed E-state index contributed by atoms with van der Waals surface area (Å²) in [7, 11) is 0. The van der Waals surface area contributed by atoms with E-state index in [-0.39, 0.29) is 18.2 Å². The average molecular weight is 391 g/mol. The van der Waals surface area contributed by atoms with Crippen LogP contribution in [0.3, 0.4) is 0 Å². The van der Waals surface area contributed by atoms with Gasteiger partial charge in [0.25, 0.3) is 0 Å². The average Bonchev–Trinajstić information content (AvgIpc) is 2.83. The Labute approximate surface area is 165 Å². The number of aryl methyl sites for hydroxylation is 1. The number of anilines is 1. The van der Waals surface area contributed by atoms with E-state index in [4.69, 9.17) is 12.2 Å². The molecule has 0 bridgehead atoms. The number of amides is 2. The second kappa shape index (κ2) is 7.69. The van der Waals surface area contributed by atoms with Crippen molar-refractivity contribution in [2.45, 2.75) is 45.8 Å². The van der Waals surface area contributed by atoms with E-state index in [1.807, 2.05) is 32.0 Å². The number of thiocarbonyl (C=S) groups is 1. The molecule has 2 aliphatic heterocycles. The summed E-state index contributed by atoms with van der Waals surface area (Å²) in [4.78, 5) is 29.0. The van der Waals surface area contributed by atoms with Crippen molar-refractivity contribution in [3.8, 4) is 0 Å². The van der Waals surface area contributed by atoms with Gasteiger partial charge in [-0.1, -0.05) is 50.0 Å². The van der Waals surface area contributed by atoms with Crippen molar-refractivity contribution in [3.05, 3.63) is 29.3 Å². The minimum Gasteiger partial charge on any atom is -0.357 e. The van der Waals surface area contributed by atoms with Crippen LogP contribution in [0.5, 0.6) is 0 Å². The fourth-order valence-electron chi connectivity index (χ4n) is 3.94. The second-order valence-corrected chi connectivity index (χ2v) is 9.55. The molecule has 0 saturated carbocycles. The molecule has 1 aromatic rings. The topological polar surface area (TPSA) is 40.6 Å². The van der Waals surface area contributed by atoms with E-state index >= 15 is 0 Å². The zero-order valence-corrected chi connectivity index (χ0v) is 17.5. The molecule has 3 rings (SSSR count). The number of benzene rings is 1. The van der Waals surface area contributed by atoms with E-state index in [2.05, 4.69) is 18.7 Å². The van der Waals surface area contributed by atoms with Gasteiger partial charge in [-0.3, -0.25) is 9.59 Å². The third-order valence-electron chi connectivity index (χ3n) is 5.29. The Morgan fingerprint density at radius 2 is 1.81 bits per heavy atom. The van der Waals surface area contributed by atoms with Gasteiger partial charge in [-0.05, 0) is 49.3 Å². The summed E-state index contributed by atoms with van der Waals surface area (Å²) in [6.07, 6.45) is 1.43. The summed E-state index contributed by atoms with van der Waals surface area (Å²) in [5.74, 6) is 0.924. The van der Waals surface area contributed by atoms with Crippen molar-refractivity contribution in [2.24, 2.45) is 11.8 Å². The number of carbonyl (C=O) groups is 2. The van der Waals surface area contributed by atoms with Gasteiger partial charge >= 0.3 is 0 Å². The predicted octanol–water partition coefficient (Wildman–Crippen LogP) is 3.93. The molecular formula is C20H26N2O2S2. The lowest BCUT2D eigenvalue weighted by Gasteiger charge is -2.36. The van der Waals surface area contributed by atoms with Gasteiger partial charge < -0.3 is 4.90 Å². The molecule has 2 amide bonds. The number of rotatable bonds is 2. The summed E-state index contributed by atoms with van der Waals surface area (Å²) in [5.41, 5.74) is 2.75. The molecule has 1 aromatic carbocycles. The predicted molar refractivity (Wildman–Crippen MR) is 112 cm³/mol. The number of piperidine rings is 1. The molecule has 0 radical (unpaired) electrons. The number of nitrogens with zero attached hydrogens (tertiary/aromatic N) is 2. The molecule has 0 aliphatic carbocycles. The van der Waals surface area contributed by atoms with Crippen LogP contribution in [0.15, 0.2) is 18.2 Å². The smallest absolute Gasteiger partial charge is 0.247 e. The van der Waals surface area contributed by atoms with Crippen molar-refractivity contribution in [2.75, 3.05) is 18.0 Å². The summed E-state index contributed by atoms with van der Waals surface area (Å²) in [6, 6.07) is 5.72. The third-order valence-corrected chi connectivity index (χ3v) is 6.95. The Bertz CT molecular complexity index is 739. The van der Waals surface area contributed by atoms with E-state index in [9.17, 15) is 9.59 Å². The Morgan fingerprint density at radius 1 is 1.15 bits per heavy atom. The summed E-state index contributed by atoms with van der Waals surface area (Å²) in [5, 5.41) is -0.414. The van der Waals surface area contributed by atoms with Gasteiger partial charge in [0.1, 0.15) is 9.57 Å². The standard InChI is InChI=1S/C20H26N2O2S2/c1-12-8-13(2)11-21(10-12)20(25)26-17-9-18(23)22(19(17)24)16-7-5-6-14(3)15(16)4/h5-7,12-13,17H,8-11H2,1-4H3/t12-,13+,17-/m1/s1. The SMILES string of the molecule is Cc1cccc(N2C(=O)C[C@@H](SC(=S)N3C[C@H](C)C[C@H](C)C3)C2=O)c1C. The monoisotopic (exact) mass is 390 g/mol. The van der Waals surface area contributed by atoms with Crippen LogP contribution in [0.2, 0.25) is 0 Å². The van der Waals surface area contributed by atoms with E-state index in [0.717, 1.165) is 28.5 Å². The quantitative estimate of drug-likeness (QED) is 0.565. The third kappa shape index (κ3) is 3.81. The molecule has 2 fully saturated rings. The van der Waals surface area contributed by atoms with Crippen LogP contribution in [0.4, 0.5) is 5.69 Å². The number of imide groups is 1. The first-order chi connectivity index (χ1) is 12.3. The number of thioether (sulfide) groups is 1. The highest BCUT2D eigenvalue weighted by atomic mass is 32.2. The lowest BCUT2D eigenvalue weighted by atomic mass is 9.92. The first-order valence-electron chi connectivity index (χ1n) is 9.16. The molecule has 4 nitrogen and oxygen atoms in total. The van der Waals surface area contributed by atoms with Crippen molar-refractivity contribution in [1.82, 2.24) is 4.90 Å². The molecule has 0 N–H and O–H groups in total. The minimum absolute atomic E-state index is 0.135. The number of likely N-dealkylation sites (tertiary alicyclic amines) is 1. The fraction of sp³-hybridized carbons (Fsp3) is 0.550. The van der Waals surface area contributed by atoms with Crippen molar-refractivity contribution in [3.63, 3.8) is 0 Å². The lowest BCUT2D eigenvalue weighted by Crippen LogP contribution is -2.41. The number of hydrogen-bond acceptors (Lipinski definition) is 4. The molecule has 2 heterocycles. The Balaban J connectivity index is 1.73. The lowest BCUT2D eigenvalue weighted by molar-refractivity contribution is -0.121. The Kier molecular flexibility index (Phi) is 5.72. The van der Waals surface area contributed by atoms with Gasteiger partial charge in [0, 0.05) is 19.5 Å². The molecule has 0 unspecified atom stereocenters. The fourth-order valence-corrected chi connectivity index (χ4v) is 5.41. The van der Waals surface area contributed by atoms with Crippen LogP contribution in [0, 0.1) is 25.7 Å². The summed E-state index contributed by atoms with van der Waals surface area (Å²) < 4.78 is 0.748. The molecular weight excluding hydrogens is 364 g/mol. The maximum atomic E-state index is 12.9. The maximum absolute atomic E-state index is 12.9. The van der Waals surface area contributed by atoms with E-state index < -0.39 is 5.25 Å². The van der Waals surface area contributed by atoms with Gasteiger partial charge in [-0.25, -0.2) is 4.90 Å². The zero-order chi connectivity index (χ0) is 19.0. The normalized spacial score (nSPS) is 26.5. The van der Waals surface area contributed by atoms with Crippen LogP contribution >= 0.6 is 24.0 Å². The number of carbonyl (C=O) groups excluding carboxylic acids is 2. The van der Waals surface area contributed by atoms with Gasteiger partial charge in [0.05, 0.1) is 5.69 Å². The van der Waals surface area contributed by atoms with Crippen LogP contribution in [-0.4, -0.2) is 39.4 Å². The molecule has 2 saturated heterocycles. The molecule has 0 aromatic heterocycles.